The zero-order chi connectivity index (χ0) is 18.3. The summed E-state index contributed by atoms with van der Waals surface area (Å²) in [6, 6.07) is 13.9. The number of hydrogen-bond donors (Lipinski definition) is 2. The van der Waals surface area contributed by atoms with Gasteiger partial charge >= 0.3 is 6.03 Å². The van der Waals surface area contributed by atoms with Crippen molar-refractivity contribution in [3.8, 4) is 0 Å². The third-order valence-electron chi connectivity index (χ3n) is 5.31. The molecule has 2 aromatic carbocycles. The largest absolute Gasteiger partial charge is 0.332 e. The molecular formula is C21H23N3O2. The van der Waals surface area contributed by atoms with Crippen LogP contribution < -0.4 is 15.5 Å². The van der Waals surface area contributed by atoms with Crippen molar-refractivity contribution < 1.29 is 9.59 Å². The van der Waals surface area contributed by atoms with Gasteiger partial charge < -0.3 is 15.5 Å². The van der Waals surface area contributed by atoms with Gasteiger partial charge in [-0.1, -0.05) is 24.3 Å². The minimum atomic E-state index is -0.268. The van der Waals surface area contributed by atoms with Crippen molar-refractivity contribution in [2.75, 3.05) is 16.8 Å². The second kappa shape index (κ2) is 6.16. The summed E-state index contributed by atoms with van der Waals surface area (Å²) in [5.41, 5.74) is 5.13. The van der Waals surface area contributed by atoms with E-state index in [2.05, 4.69) is 29.7 Å². The van der Waals surface area contributed by atoms with Crippen molar-refractivity contribution in [2.24, 2.45) is 0 Å². The normalized spacial score (nSPS) is 16.8. The first-order valence-corrected chi connectivity index (χ1v) is 9.00. The average Bonchev–Trinajstić information content (AvgIpc) is 3.13. The molecule has 4 rings (SSSR count). The Morgan fingerprint density at radius 3 is 2.38 bits per heavy atom. The van der Waals surface area contributed by atoms with E-state index in [1.807, 2.05) is 30.3 Å². The standard InChI is InChI=1S/C21H23N3O2/c1-14(25)24-10-9-15-11-18(7-8-19(15)24)22-20(26)23-21(2)12-16-5-3-4-6-17(16)13-21/h3-8,11H,9-10,12-13H2,1-2H3,(H2,22,23,26). The highest BCUT2D eigenvalue weighted by Gasteiger charge is 2.34. The van der Waals surface area contributed by atoms with Crippen molar-refractivity contribution >= 4 is 23.3 Å². The monoisotopic (exact) mass is 349 g/mol. The van der Waals surface area contributed by atoms with Crippen LogP contribution in [-0.4, -0.2) is 24.0 Å². The molecule has 26 heavy (non-hydrogen) atoms. The lowest BCUT2D eigenvalue weighted by Crippen LogP contribution is -2.48. The summed E-state index contributed by atoms with van der Waals surface area (Å²) in [5.74, 6) is 0.0518. The van der Waals surface area contributed by atoms with Gasteiger partial charge in [0.2, 0.25) is 5.91 Å². The fourth-order valence-electron chi connectivity index (χ4n) is 4.14. The number of rotatable bonds is 2. The summed E-state index contributed by atoms with van der Waals surface area (Å²) < 4.78 is 0. The zero-order valence-electron chi connectivity index (χ0n) is 15.1. The molecule has 0 bridgehead atoms. The maximum atomic E-state index is 12.5. The van der Waals surface area contributed by atoms with Crippen LogP contribution in [0.3, 0.4) is 0 Å². The van der Waals surface area contributed by atoms with E-state index < -0.39 is 0 Å². The molecule has 2 aromatic rings. The van der Waals surface area contributed by atoms with Gasteiger partial charge in [0, 0.05) is 30.4 Å². The number of nitrogens with zero attached hydrogens (tertiary/aromatic N) is 1. The van der Waals surface area contributed by atoms with Gasteiger partial charge in [-0.15, -0.1) is 0 Å². The molecule has 0 aromatic heterocycles. The number of nitrogens with one attached hydrogen (secondary N) is 2. The first-order valence-electron chi connectivity index (χ1n) is 9.00. The fourth-order valence-corrected chi connectivity index (χ4v) is 4.14. The van der Waals surface area contributed by atoms with Crippen LogP contribution in [-0.2, 0) is 24.1 Å². The maximum absolute atomic E-state index is 12.5. The first-order chi connectivity index (χ1) is 12.4. The van der Waals surface area contributed by atoms with Crippen LogP contribution in [0, 0.1) is 0 Å². The quantitative estimate of drug-likeness (QED) is 0.874. The highest BCUT2D eigenvalue weighted by atomic mass is 16.2. The lowest BCUT2D eigenvalue weighted by Gasteiger charge is -2.25. The first kappa shape index (κ1) is 16.6. The summed E-state index contributed by atoms with van der Waals surface area (Å²) in [7, 11) is 0. The average molecular weight is 349 g/mol. The molecule has 5 nitrogen and oxygen atoms in total. The molecule has 0 spiro atoms. The summed E-state index contributed by atoms with van der Waals surface area (Å²) >= 11 is 0. The van der Waals surface area contributed by atoms with Crippen LogP contribution >= 0.6 is 0 Å². The molecule has 0 atom stereocenters. The highest BCUT2D eigenvalue weighted by molar-refractivity contribution is 5.95. The molecule has 0 radical (unpaired) electrons. The number of amides is 3. The van der Waals surface area contributed by atoms with Gasteiger partial charge in [-0.3, -0.25) is 4.79 Å². The third kappa shape index (κ3) is 3.05. The van der Waals surface area contributed by atoms with Crippen LogP contribution in [0.15, 0.2) is 42.5 Å². The van der Waals surface area contributed by atoms with E-state index in [0.29, 0.717) is 6.54 Å². The Labute approximate surface area is 153 Å². The van der Waals surface area contributed by atoms with E-state index in [9.17, 15) is 9.59 Å². The van der Waals surface area contributed by atoms with Crippen molar-refractivity contribution in [1.82, 2.24) is 5.32 Å². The van der Waals surface area contributed by atoms with Crippen molar-refractivity contribution in [1.29, 1.82) is 0 Å². The van der Waals surface area contributed by atoms with Gasteiger partial charge in [0.05, 0.1) is 0 Å². The van der Waals surface area contributed by atoms with Crippen molar-refractivity contribution in [2.45, 2.75) is 38.6 Å². The molecule has 5 heteroatoms. The van der Waals surface area contributed by atoms with E-state index in [1.165, 1.54) is 11.1 Å². The number of fused-ring (bicyclic) bond motifs is 2. The topological polar surface area (TPSA) is 61.4 Å². The summed E-state index contributed by atoms with van der Waals surface area (Å²) in [6.07, 6.45) is 2.50. The highest BCUT2D eigenvalue weighted by Crippen LogP contribution is 2.31. The van der Waals surface area contributed by atoms with Crippen molar-refractivity contribution in [3.05, 3.63) is 59.2 Å². The van der Waals surface area contributed by atoms with E-state index in [0.717, 1.165) is 36.2 Å². The molecule has 3 amide bonds. The Hall–Kier alpha value is -2.82. The third-order valence-corrected chi connectivity index (χ3v) is 5.31. The van der Waals surface area contributed by atoms with Gasteiger partial charge in [-0.25, -0.2) is 4.79 Å². The minimum absolute atomic E-state index is 0.0518. The second-order valence-electron chi connectivity index (χ2n) is 7.53. The molecule has 2 N–H and O–H groups in total. The number of carbonyl (C=O) groups is 2. The molecule has 2 aliphatic rings. The Kier molecular flexibility index (Phi) is 3.94. The summed E-state index contributed by atoms with van der Waals surface area (Å²) in [5, 5.41) is 6.07. The molecule has 0 fully saturated rings. The van der Waals surface area contributed by atoms with Crippen LogP contribution in [0.2, 0.25) is 0 Å². The summed E-state index contributed by atoms with van der Waals surface area (Å²) in [6.45, 7) is 4.37. The van der Waals surface area contributed by atoms with Gasteiger partial charge in [-0.05, 0) is 61.1 Å². The Balaban J connectivity index is 1.43. The predicted molar refractivity (Wildman–Crippen MR) is 103 cm³/mol. The SMILES string of the molecule is CC(=O)N1CCc2cc(NC(=O)NC3(C)Cc4ccccc4C3)ccc21. The number of carbonyl (C=O) groups excluding carboxylic acids is 2. The Morgan fingerprint density at radius 2 is 1.73 bits per heavy atom. The molecule has 1 aliphatic carbocycles. The maximum Gasteiger partial charge on any atom is 0.319 e. The molecule has 0 saturated carbocycles. The number of urea groups is 1. The molecule has 0 saturated heterocycles. The van der Waals surface area contributed by atoms with Crippen molar-refractivity contribution in [3.63, 3.8) is 0 Å². The zero-order valence-corrected chi connectivity index (χ0v) is 15.1. The Bertz CT molecular complexity index is 866. The molecule has 134 valence electrons. The molecule has 0 unspecified atom stereocenters. The Morgan fingerprint density at radius 1 is 1.04 bits per heavy atom. The van der Waals surface area contributed by atoms with E-state index in [4.69, 9.17) is 0 Å². The molecule has 1 aliphatic heterocycles. The van der Waals surface area contributed by atoms with Crippen LogP contribution in [0.1, 0.15) is 30.5 Å². The number of hydrogen-bond acceptors (Lipinski definition) is 2. The number of anilines is 2. The fraction of sp³-hybridized carbons (Fsp3) is 0.333. The lowest BCUT2D eigenvalue weighted by molar-refractivity contribution is -0.116. The van der Waals surface area contributed by atoms with Crippen LogP contribution in [0.5, 0.6) is 0 Å². The van der Waals surface area contributed by atoms with Gasteiger partial charge in [0.1, 0.15) is 0 Å². The number of benzene rings is 2. The van der Waals surface area contributed by atoms with Gasteiger partial charge in [-0.2, -0.15) is 0 Å². The van der Waals surface area contributed by atoms with Crippen LogP contribution in [0.4, 0.5) is 16.2 Å². The van der Waals surface area contributed by atoms with Crippen LogP contribution in [0.25, 0.3) is 0 Å². The smallest absolute Gasteiger partial charge is 0.319 e. The molecular weight excluding hydrogens is 326 g/mol. The predicted octanol–water partition coefficient (Wildman–Crippen LogP) is 3.27. The van der Waals surface area contributed by atoms with E-state index in [1.54, 1.807) is 11.8 Å². The lowest BCUT2D eigenvalue weighted by atomic mass is 9.99. The summed E-state index contributed by atoms with van der Waals surface area (Å²) in [4.78, 5) is 25.9. The second-order valence-corrected chi connectivity index (χ2v) is 7.53. The van der Waals surface area contributed by atoms with E-state index in [-0.39, 0.29) is 17.5 Å². The van der Waals surface area contributed by atoms with Gasteiger partial charge in [0.15, 0.2) is 0 Å². The molecule has 1 heterocycles. The minimum Gasteiger partial charge on any atom is -0.332 e. The van der Waals surface area contributed by atoms with Gasteiger partial charge in [0.25, 0.3) is 0 Å². The van der Waals surface area contributed by atoms with E-state index >= 15 is 0 Å².